The first-order valence-corrected chi connectivity index (χ1v) is 7.91. The van der Waals surface area contributed by atoms with E-state index >= 15 is 0 Å². The van der Waals surface area contributed by atoms with Crippen LogP contribution in [0, 0.1) is 5.92 Å². The lowest BCUT2D eigenvalue weighted by molar-refractivity contribution is 0.381. The normalized spacial score (nSPS) is 13.5. The largest absolute Gasteiger partial charge is 0.309 e. The van der Waals surface area contributed by atoms with Crippen LogP contribution in [0.25, 0.3) is 6.08 Å². The monoisotopic (exact) mass is 307 g/mol. The Labute approximate surface area is 139 Å². The Kier molecular flexibility index (Phi) is 6.57. The highest BCUT2D eigenvalue weighted by molar-refractivity contribution is 6.00. The Morgan fingerprint density at radius 1 is 1.04 bits per heavy atom. The molecule has 3 heteroatoms. The molecule has 0 unspecified atom stereocenters. The number of benzene rings is 2. The van der Waals surface area contributed by atoms with Gasteiger partial charge < -0.3 is 4.90 Å². The van der Waals surface area contributed by atoms with Crippen LogP contribution in [0.1, 0.15) is 12.5 Å². The molecule has 0 radical (unpaired) electrons. The third-order valence-electron chi connectivity index (χ3n) is 3.48. The van der Waals surface area contributed by atoms with Crippen molar-refractivity contribution in [3.05, 3.63) is 72.3 Å². The molecule has 0 fully saturated rings. The molecule has 2 aromatic rings. The van der Waals surface area contributed by atoms with Gasteiger partial charge in [-0.05, 0) is 37.9 Å². The van der Waals surface area contributed by atoms with E-state index in [2.05, 4.69) is 60.7 Å². The standard InChI is InChI=1S/C20H25N3/c1-17(16-23(2)3)20(15-14-18-10-6-4-7-11-18)22-21-19-12-8-5-9-13-19/h4-15,17,21H,16H2,1-3H3/b15-14+,22-20+/t17-/m0/s1. The summed E-state index contributed by atoms with van der Waals surface area (Å²) in [5.74, 6) is 0.334. The number of hydrogen-bond acceptors (Lipinski definition) is 3. The van der Waals surface area contributed by atoms with Crippen LogP contribution in [0.2, 0.25) is 0 Å². The van der Waals surface area contributed by atoms with Crippen molar-refractivity contribution < 1.29 is 0 Å². The van der Waals surface area contributed by atoms with E-state index in [-0.39, 0.29) is 0 Å². The van der Waals surface area contributed by atoms with Gasteiger partial charge in [-0.15, -0.1) is 0 Å². The number of para-hydroxylation sites is 1. The van der Waals surface area contributed by atoms with E-state index in [1.54, 1.807) is 0 Å². The molecule has 0 bridgehead atoms. The minimum Gasteiger partial charge on any atom is -0.309 e. The summed E-state index contributed by atoms with van der Waals surface area (Å²) in [7, 11) is 4.17. The van der Waals surface area contributed by atoms with Crippen molar-refractivity contribution in [2.75, 3.05) is 26.1 Å². The zero-order valence-corrected chi connectivity index (χ0v) is 14.1. The van der Waals surface area contributed by atoms with Crippen molar-refractivity contribution in [1.82, 2.24) is 4.90 Å². The van der Waals surface area contributed by atoms with Crippen molar-refractivity contribution >= 4 is 17.5 Å². The van der Waals surface area contributed by atoms with Crippen LogP contribution in [-0.4, -0.2) is 31.3 Å². The highest BCUT2D eigenvalue weighted by atomic mass is 15.3. The van der Waals surface area contributed by atoms with Gasteiger partial charge in [0.2, 0.25) is 0 Å². The van der Waals surface area contributed by atoms with Crippen LogP contribution < -0.4 is 5.43 Å². The van der Waals surface area contributed by atoms with Gasteiger partial charge in [0, 0.05) is 12.5 Å². The molecule has 0 spiro atoms. The number of nitrogens with zero attached hydrogens (tertiary/aromatic N) is 2. The van der Waals surface area contributed by atoms with Crippen LogP contribution in [-0.2, 0) is 0 Å². The van der Waals surface area contributed by atoms with Gasteiger partial charge in [-0.3, -0.25) is 5.43 Å². The first kappa shape index (κ1) is 17.0. The fourth-order valence-corrected chi connectivity index (χ4v) is 2.34. The number of rotatable bonds is 7. The molecular weight excluding hydrogens is 282 g/mol. The Hall–Kier alpha value is -2.39. The van der Waals surface area contributed by atoms with Gasteiger partial charge >= 0.3 is 0 Å². The average Bonchev–Trinajstić information content (AvgIpc) is 2.56. The van der Waals surface area contributed by atoms with E-state index in [4.69, 9.17) is 0 Å². The molecule has 2 rings (SSSR count). The molecule has 3 nitrogen and oxygen atoms in total. The summed E-state index contributed by atoms with van der Waals surface area (Å²) >= 11 is 0. The fourth-order valence-electron chi connectivity index (χ4n) is 2.34. The molecule has 120 valence electrons. The smallest absolute Gasteiger partial charge is 0.0648 e. The van der Waals surface area contributed by atoms with Gasteiger partial charge in [0.15, 0.2) is 0 Å². The second kappa shape index (κ2) is 8.91. The molecule has 0 aliphatic rings. The summed E-state index contributed by atoms with van der Waals surface area (Å²) in [5.41, 5.74) is 6.36. The predicted octanol–water partition coefficient (Wildman–Crippen LogP) is 4.37. The van der Waals surface area contributed by atoms with Crippen molar-refractivity contribution in [3.8, 4) is 0 Å². The minimum atomic E-state index is 0.334. The first-order chi connectivity index (χ1) is 11.1. The van der Waals surface area contributed by atoms with Crippen LogP contribution in [0.4, 0.5) is 5.69 Å². The van der Waals surface area contributed by atoms with Crippen molar-refractivity contribution in [2.24, 2.45) is 11.0 Å². The van der Waals surface area contributed by atoms with Crippen molar-refractivity contribution in [1.29, 1.82) is 0 Å². The van der Waals surface area contributed by atoms with E-state index in [1.807, 2.05) is 48.5 Å². The van der Waals surface area contributed by atoms with E-state index < -0.39 is 0 Å². The number of allylic oxidation sites excluding steroid dienone is 1. The summed E-state index contributed by atoms with van der Waals surface area (Å²) in [6.07, 6.45) is 4.21. The minimum absolute atomic E-state index is 0.334. The molecule has 0 amide bonds. The van der Waals surface area contributed by atoms with Gasteiger partial charge in [0.1, 0.15) is 0 Å². The second-order valence-corrected chi connectivity index (χ2v) is 5.92. The zero-order valence-electron chi connectivity index (χ0n) is 14.1. The summed E-state index contributed by atoms with van der Waals surface area (Å²) in [6, 6.07) is 20.3. The number of hydrogen-bond donors (Lipinski definition) is 1. The molecule has 0 aliphatic heterocycles. The molecule has 1 N–H and O–H groups in total. The van der Waals surface area contributed by atoms with E-state index in [9.17, 15) is 0 Å². The van der Waals surface area contributed by atoms with Crippen molar-refractivity contribution in [2.45, 2.75) is 6.92 Å². The molecule has 0 aliphatic carbocycles. The molecule has 0 heterocycles. The lowest BCUT2D eigenvalue weighted by Crippen LogP contribution is -2.25. The number of hydrazone groups is 1. The zero-order chi connectivity index (χ0) is 16.5. The average molecular weight is 307 g/mol. The third-order valence-corrected chi connectivity index (χ3v) is 3.48. The van der Waals surface area contributed by atoms with Gasteiger partial charge in [0.05, 0.1) is 11.4 Å². The number of nitrogens with one attached hydrogen (secondary N) is 1. The molecule has 2 aromatic carbocycles. The van der Waals surface area contributed by atoms with Crippen LogP contribution in [0.3, 0.4) is 0 Å². The fraction of sp³-hybridized carbons (Fsp3) is 0.250. The van der Waals surface area contributed by atoms with E-state index in [0.717, 1.165) is 17.9 Å². The number of anilines is 1. The molecule has 0 aromatic heterocycles. The second-order valence-electron chi connectivity index (χ2n) is 5.92. The van der Waals surface area contributed by atoms with Gasteiger partial charge in [-0.25, -0.2) is 0 Å². The summed E-state index contributed by atoms with van der Waals surface area (Å²) in [5, 5.41) is 4.62. The highest BCUT2D eigenvalue weighted by Gasteiger charge is 2.09. The Balaban J connectivity index is 2.15. The maximum atomic E-state index is 4.62. The Morgan fingerprint density at radius 3 is 2.26 bits per heavy atom. The third kappa shape index (κ3) is 6.09. The van der Waals surface area contributed by atoms with Crippen molar-refractivity contribution in [3.63, 3.8) is 0 Å². The van der Waals surface area contributed by atoms with E-state index in [1.165, 1.54) is 5.56 Å². The molecule has 1 atom stereocenters. The lowest BCUT2D eigenvalue weighted by Gasteiger charge is -2.17. The van der Waals surface area contributed by atoms with Crippen LogP contribution in [0.15, 0.2) is 71.8 Å². The summed E-state index contributed by atoms with van der Waals surface area (Å²) < 4.78 is 0. The maximum Gasteiger partial charge on any atom is 0.0648 e. The predicted molar refractivity (Wildman–Crippen MR) is 101 cm³/mol. The van der Waals surface area contributed by atoms with Crippen LogP contribution in [0.5, 0.6) is 0 Å². The molecular formula is C20H25N3. The van der Waals surface area contributed by atoms with Gasteiger partial charge in [-0.2, -0.15) is 5.10 Å². The lowest BCUT2D eigenvalue weighted by atomic mass is 10.0. The van der Waals surface area contributed by atoms with Gasteiger partial charge in [-0.1, -0.05) is 61.5 Å². The Bertz CT molecular complexity index is 630. The molecule has 0 saturated heterocycles. The summed E-state index contributed by atoms with van der Waals surface area (Å²) in [4.78, 5) is 2.18. The Morgan fingerprint density at radius 2 is 1.65 bits per heavy atom. The maximum absolute atomic E-state index is 4.62. The topological polar surface area (TPSA) is 27.6 Å². The highest BCUT2D eigenvalue weighted by Crippen LogP contribution is 2.09. The van der Waals surface area contributed by atoms with E-state index in [0.29, 0.717) is 5.92 Å². The quantitative estimate of drug-likeness (QED) is 0.608. The van der Waals surface area contributed by atoms with Crippen LogP contribution >= 0.6 is 0 Å². The molecule has 0 saturated carbocycles. The SMILES string of the molecule is C[C@@H](CN(C)C)C(/C=C/c1ccccc1)=N/Nc1ccccc1. The molecule has 23 heavy (non-hydrogen) atoms. The summed E-state index contributed by atoms with van der Waals surface area (Å²) in [6.45, 7) is 3.15. The first-order valence-electron chi connectivity index (χ1n) is 7.91. The van der Waals surface area contributed by atoms with Gasteiger partial charge in [0.25, 0.3) is 0 Å².